The lowest BCUT2D eigenvalue weighted by Gasteiger charge is -2.14. The predicted molar refractivity (Wildman–Crippen MR) is 68.2 cm³/mol. The zero-order valence-electron chi connectivity index (χ0n) is 10.5. The Morgan fingerprint density at radius 2 is 1.94 bits per heavy atom. The molecule has 1 aromatic carbocycles. The molecule has 0 spiro atoms. The number of phenolic OH excluding ortho intramolecular Hbond substituents is 2. The average Bonchev–Trinajstić information content (AvgIpc) is 2.70. The van der Waals surface area contributed by atoms with Crippen LogP contribution in [0.2, 0.25) is 0 Å². The highest BCUT2D eigenvalue weighted by Crippen LogP contribution is 2.24. The third-order valence-corrected chi connectivity index (χ3v) is 2.80. The highest BCUT2D eigenvalue weighted by atomic mass is 16.3. The molecule has 2 aromatic rings. The molecular formula is C13H17N3O2. The molecule has 0 amide bonds. The molecule has 5 nitrogen and oxygen atoms in total. The normalized spacial score (nSPS) is 12.6. The number of benzene rings is 1. The summed E-state index contributed by atoms with van der Waals surface area (Å²) < 4.78 is 1.75. The summed E-state index contributed by atoms with van der Waals surface area (Å²) in [5.41, 5.74) is 1.94. The van der Waals surface area contributed by atoms with E-state index in [4.69, 9.17) is 0 Å². The van der Waals surface area contributed by atoms with Crippen molar-refractivity contribution in [2.45, 2.75) is 19.5 Å². The monoisotopic (exact) mass is 247 g/mol. The first-order valence-corrected chi connectivity index (χ1v) is 5.78. The minimum Gasteiger partial charge on any atom is -0.508 e. The number of nitrogens with zero attached hydrogens (tertiary/aromatic N) is 2. The van der Waals surface area contributed by atoms with Gasteiger partial charge in [-0.05, 0) is 24.6 Å². The van der Waals surface area contributed by atoms with Crippen molar-refractivity contribution in [1.82, 2.24) is 15.1 Å². The summed E-state index contributed by atoms with van der Waals surface area (Å²) in [7, 11) is 1.88. The third kappa shape index (κ3) is 3.01. The van der Waals surface area contributed by atoms with Crippen molar-refractivity contribution < 1.29 is 10.2 Å². The molecule has 0 radical (unpaired) electrons. The number of hydrogen-bond acceptors (Lipinski definition) is 4. The number of aryl methyl sites for hydroxylation is 1. The van der Waals surface area contributed by atoms with Crippen molar-refractivity contribution in [1.29, 1.82) is 0 Å². The molecule has 0 saturated carbocycles. The van der Waals surface area contributed by atoms with Gasteiger partial charge in [0, 0.05) is 37.5 Å². The minimum atomic E-state index is 0.0307. The van der Waals surface area contributed by atoms with E-state index in [2.05, 4.69) is 10.4 Å². The number of nitrogens with one attached hydrogen (secondary N) is 1. The van der Waals surface area contributed by atoms with Crippen LogP contribution in [0.3, 0.4) is 0 Å². The van der Waals surface area contributed by atoms with Crippen molar-refractivity contribution in [3.63, 3.8) is 0 Å². The van der Waals surface area contributed by atoms with Gasteiger partial charge in [-0.3, -0.25) is 4.68 Å². The molecule has 0 aliphatic carbocycles. The summed E-state index contributed by atoms with van der Waals surface area (Å²) in [6.07, 6.45) is 3.75. The molecule has 1 aromatic heterocycles. The van der Waals surface area contributed by atoms with E-state index in [1.165, 1.54) is 6.07 Å². The van der Waals surface area contributed by atoms with Crippen molar-refractivity contribution in [3.8, 4) is 11.5 Å². The highest BCUT2D eigenvalue weighted by Gasteiger charge is 2.08. The molecule has 1 unspecified atom stereocenters. The Morgan fingerprint density at radius 3 is 2.50 bits per heavy atom. The van der Waals surface area contributed by atoms with Crippen LogP contribution in [0.5, 0.6) is 11.5 Å². The van der Waals surface area contributed by atoms with Crippen molar-refractivity contribution in [2.24, 2.45) is 7.05 Å². The SMILES string of the molecule is CC(NCc1cnn(C)c1)c1cc(O)cc(O)c1. The van der Waals surface area contributed by atoms with Gasteiger partial charge in [0.25, 0.3) is 0 Å². The van der Waals surface area contributed by atoms with E-state index >= 15 is 0 Å². The van der Waals surface area contributed by atoms with E-state index in [9.17, 15) is 10.2 Å². The Morgan fingerprint density at radius 1 is 1.28 bits per heavy atom. The molecule has 1 heterocycles. The summed E-state index contributed by atoms with van der Waals surface area (Å²) in [6.45, 7) is 2.66. The van der Waals surface area contributed by atoms with Gasteiger partial charge in [0.1, 0.15) is 11.5 Å². The lowest BCUT2D eigenvalue weighted by molar-refractivity contribution is 0.446. The van der Waals surface area contributed by atoms with Crippen molar-refractivity contribution in [2.75, 3.05) is 0 Å². The van der Waals surface area contributed by atoms with Gasteiger partial charge in [-0.25, -0.2) is 0 Å². The van der Waals surface area contributed by atoms with Crippen LogP contribution in [0.15, 0.2) is 30.6 Å². The first-order valence-electron chi connectivity index (χ1n) is 5.78. The average molecular weight is 247 g/mol. The number of aromatic nitrogens is 2. The molecular weight excluding hydrogens is 230 g/mol. The van der Waals surface area contributed by atoms with Gasteiger partial charge >= 0.3 is 0 Å². The lowest BCUT2D eigenvalue weighted by atomic mass is 10.1. The Bertz CT molecular complexity index is 517. The first kappa shape index (κ1) is 12.4. The molecule has 3 N–H and O–H groups in total. The maximum absolute atomic E-state index is 9.43. The fourth-order valence-corrected chi connectivity index (χ4v) is 1.82. The van der Waals surface area contributed by atoms with Crippen LogP contribution in [0.25, 0.3) is 0 Å². The minimum absolute atomic E-state index is 0.0307. The van der Waals surface area contributed by atoms with Crippen molar-refractivity contribution >= 4 is 0 Å². The molecule has 0 saturated heterocycles. The largest absolute Gasteiger partial charge is 0.508 e. The van der Waals surface area contributed by atoms with E-state index in [0.717, 1.165) is 11.1 Å². The summed E-state index contributed by atoms with van der Waals surface area (Å²) in [6, 6.07) is 4.63. The topological polar surface area (TPSA) is 70.3 Å². The number of aromatic hydroxyl groups is 2. The van der Waals surface area contributed by atoms with Crippen LogP contribution >= 0.6 is 0 Å². The standard InChI is InChI=1S/C13H17N3O2/c1-9(11-3-12(17)5-13(18)4-11)14-6-10-7-15-16(2)8-10/h3-5,7-9,14,17-18H,6H2,1-2H3. The maximum Gasteiger partial charge on any atom is 0.119 e. The molecule has 0 fully saturated rings. The lowest BCUT2D eigenvalue weighted by Crippen LogP contribution is -2.17. The second-order valence-electron chi connectivity index (χ2n) is 4.41. The zero-order chi connectivity index (χ0) is 13.1. The molecule has 2 rings (SSSR count). The van der Waals surface area contributed by atoms with Crippen LogP contribution in [0, 0.1) is 0 Å². The van der Waals surface area contributed by atoms with E-state index in [-0.39, 0.29) is 17.5 Å². The number of hydrogen-bond donors (Lipinski definition) is 3. The van der Waals surface area contributed by atoms with Gasteiger partial charge in [-0.15, -0.1) is 0 Å². The van der Waals surface area contributed by atoms with Gasteiger partial charge in [0.15, 0.2) is 0 Å². The van der Waals surface area contributed by atoms with Gasteiger partial charge in [-0.1, -0.05) is 0 Å². The van der Waals surface area contributed by atoms with E-state index in [0.29, 0.717) is 6.54 Å². The van der Waals surface area contributed by atoms with Gasteiger partial charge in [0.2, 0.25) is 0 Å². The molecule has 1 atom stereocenters. The number of rotatable bonds is 4. The second kappa shape index (κ2) is 5.10. The Hall–Kier alpha value is -2.01. The molecule has 18 heavy (non-hydrogen) atoms. The van der Waals surface area contributed by atoms with E-state index < -0.39 is 0 Å². The Kier molecular flexibility index (Phi) is 3.53. The summed E-state index contributed by atoms with van der Waals surface area (Å²) >= 11 is 0. The summed E-state index contributed by atoms with van der Waals surface area (Å²) in [5.74, 6) is 0.139. The van der Waals surface area contributed by atoms with Crippen molar-refractivity contribution in [3.05, 3.63) is 41.7 Å². The number of phenols is 2. The van der Waals surface area contributed by atoms with E-state index in [1.54, 1.807) is 23.0 Å². The predicted octanol–water partition coefficient (Wildman–Crippen LogP) is 1.68. The third-order valence-electron chi connectivity index (χ3n) is 2.80. The molecule has 0 aliphatic heterocycles. The highest BCUT2D eigenvalue weighted by molar-refractivity contribution is 5.37. The van der Waals surface area contributed by atoms with Gasteiger partial charge in [-0.2, -0.15) is 5.10 Å². The van der Waals surface area contributed by atoms with Gasteiger partial charge < -0.3 is 15.5 Å². The van der Waals surface area contributed by atoms with Crippen LogP contribution in [-0.4, -0.2) is 20.0 Å². The molecule has 96 valence electrons. The quantitative estimate of drug-likeness (QED) is 0.768. The fraction of sp³-hybridized carbons (Fsp3) is 0.308. The molecule has 0 aliphatic rings. The zero-order valence-corrected chi connectivity index (χ0v) is 10.5. The van der Waals surface area contributed by atoms with Gasteiger partial charge in [0.05, 0.1) is 6.20 Å². The Balaban J connectivity index is 2.01. The second-order valence-corrected chi connectivity index (χ2v) is 4.41. The van der Waals surface area contributed by atoms with Crippen LogP contribution < -0.4 is 5.32 Å². The van der Waals surface area contributed by atoms with E-state index in [1.807, 2.05) is 20.2 Å². The smallest absolute Gasteiger partial charge is 0.119 e. The molecule has 0 bridgehead atoms. The van der Waals surface area contributed by atoms with Crippen LogP contribution in [0.4, 0.5) is 0 Å². The van der Waals surface area contributed by atoms with Crippen LogP contribution in [-0.2, 0) is 13.6 Å². The summed E-state index contributed by atoms with van der Waals surface area (Å²) in [5, 5.41) is 26.3. The Labute approximate surface area is 106 Å². The maximum atomic E-state index is 9.43. The van der Waals surface area contributed by atoms with Crippen LogP contribution in [0.1, 0.15) is 24.1 Å². The summed E-state index contributed by atoms with van der Waals surface area (Å²) in [4.78, 5) is 0. The first-order chi connectivity index (χ1) is 8.54. The fourth-order valence-electron chi connectivity index (χ4n) is 1.82. The molecule has 5 heteroatoms.